The Morgan fingerprint density at radius 1 is 1.37 bits per heavy atom. The van der Waals surface area contributed by atoms with Gasteiger partial charge >= 0.3 is 6.09 Å². The van der Waals surface area contributed by atoms with E-state index in [1.165, 1.54) is 0 Å². The third-order valence-electron chi connectivity index (χ3n) is 5.48. The van der Waals surface area contributed by atoms with Crippen LogP contribution in [-0.4, -0.2) is 53.5 Å². The third-order valence-corrected chi connectivity index (χ3v) is 5.76. The lowest BCUT2D eigenvalue weighted by molar-refractivity contribution is 0.0204. The van der Waals surface area contributed by atoms with E-state index in [1.807, 2.05) is 20.8 Å². The molecule has 1 saturated carbocycles. The highest BCUT2D eigenvalue weighted by Crippen LogP contribution is 2.51. The summed E-state index contributed by atoms with van der Waals surface area (Å²) in [5, 5.41) is 10.2. The Labute approximate surface area is 165 Å². The first-order chi connectivity index (χ1) is 12.7. The quantitative estimate of drug-likeness (QED) is 0.782. The summed E-state index contributed by atoms with van der Waals surface area (Å²) in [7, 11) is 1.59. The third kappa shape index (κ3) is 4.32. The van der Waals surface area contributed by atoms with E-state index in [4.69, 9.17) is 21.1 Å². The van der Waals surface area contributed by atoms with Crippen LogP contribution < -0.4 is 4.74 Å². The van der Waals surface area contributed by atoms with Crippen molar-refractivity contribution in [2.75, 3.05) is 26.8 Å². The van der Waals surface area contributed by atoms with Crippen molar-refractivity contribution in [3.05, 3.63) is 22.3 Å². The van der Waals surface area contributed by atoms with Gasteiger partial charge in [-0.25, -0.2) is 9.78 Å². The zero-order valence-corrected chi connectivity index (χ0v) is 17.3. The molecule has 1 saturated heterocycles. The van der Waals surface area contributed by atoms with Crippen molar-refractivity contribution < 1.29 is 19.4 Å². The number of carbonyl (C=O) groups is 1. The Kier molecular flexibility index (Phi) is 5.59. The SMILES string of the molecule is COc1nc(Cl)c(C2(CO)CC2)cc1C1CCN(C(=O)OC(C)(C)C)CC1. The van der Waals surface area contributed by atoms with E-state index in [0.29, 0.717) is 24.1 Å². The normalized spacial score (nSPS) is 19.7. The fraction of sp³-hybridized carbons (Fsp3) is 0.700. The van der Waals surface area contributed by atoms with Gasteiger partial charge in [0, 0.05) is 24.1 Å². The minimum Gasteiger partial charge on any atom is -0.481 e. The van der Waals surface area contributed by atoms with Crippen molar-refractivity contribution in [1.29, 1.82) is 0 Å². The van der Waals surface area contributed by atoms with Gasteiger partial charge in [-0.05, 0) is 64.0 Å². The molecule has 0 spiro atoms. The number of pyridine rings is 1. The van der Waals surface area contributed by atoms with Crippen molar-refractivity contribution in [3.63, 3.8) is 0 Å². The van der Waals surface area contributed by atoms with E-state index in [0.717, 1.165) is 36.8 Å². The van der Waals surface area contributed by atoms with Crippen LogP contribution >= 0.6 is 11.6 Å². The summed E-state index contributed by atoms with van der Waals surface area (Å²) < 4.78 is 10.9. The number of hydrogen-bond acceptors (Lipinski definition) is 5. The van der Waals surface area contributed by atoms with Crippen molar-refractivity contribution in [2.24, 2.45) is 0 Å². The molecule has 1 aliphatic carbocycles. The van der Waals surface area contributed by atoms with E-state index in [2.05, 4.69) is 11.1 Å². The Morgan fingerprint density at radius 3 is 2.48 bits per heavy atom. The smallest absolute Gasteiger partial charge is 0.410 e. The van der Waals surface area contributed by atoms with Gasteiger partial charge in [-0.15, -0.1) is 0 Å². The predicted octanol–water partition coefficient (Wildman–Crippen LogP) is 3.88. The number of likely N-dealkylation sites (tertiary alicyclic amines) is 1. The van der Waals surface area contributed by atoms with Crippen LogP contribution in [0.2, 0.25) is 5.15 Å². The Hall–Kier alpha value is -1.53. The number of aliphatic hydroxyl groups is 1. The lowest BCUT2D eigenvalue weighted by Gasteiger charge is -2.34. The average molecular weight is 397 g/mol. The second-order valence-electron chi connectivity index (χ2n) is 8.61. The van der Waals surface area contributed by atoms with Gasteiger partial charge in [0.1, 0.15) is 10.8 Å². The molecule has 2 heterocycles. The predicted molar refractivity (Wildman–Crippen MR) is 104 cm³/mol. The zero-order chi connectivity index (χ0) is 19.8. The summed E-state index contributed by atoms with van der Waals surface area (Å²) in [6.07, 6.45) is 3.20. The van der Waals surface area contributed by atoms with Gasteiger partial charge < -0.3 is 19.5 Å². The van der Waals surface area contributed by atoms with Crippen LogP contribution in [-0.2, 0) is 10.2 Å². The molecule has 7 heteroatoms. The number of amides is 1. The summed E-state index contributed by atoms with van der Waals surface area (Å²) in [6.45, 7) is 6.96. The minimum absolute atomic E-state index is 0.0806. The summed E-state index contributed by atoms with van der Waals surface area (Å²) in [6, 6.07) is 2.06. The van der Waals surface area contributed by atoms with Crippen molar-refractivity contribution in [1.82, 2.24) is 9.88 Å². The van der Waals surface area contributed by atoms with Gasteiger partial charge in [0.2, 0.25) is 5.88 Å². The summed E-state index contributed by atoms with van der Waals surface area (Å²) >= 11 is 6.38. The number of hydrogen-bond donors (Lipinski definition) is 1. The van der Waals surface area contributed by atoms with Crippen LogP contribution in [0.1, 0.15) is 63.5 Å². The molecule has 0 radical (unpaired) electrons. The molecular weight excluding hydrogens is 368 g/mol. The maximum absolute atomic E-state index is 12.3. The number of ether oxygens (including phenoxy) is 2. The number of aromatic nitrogens is 1. The largest absolute Gasteiger partial charge is 0.481 e. The van der Waals surface area contributed by atoms with Gasteiger partial charge in [0.05, 0.1) is 13.7 Å². The van der Waals surface area contributed by atoms with Crippen molar-refractivity contribution in [3.8, 4) is 5.88 Å². The van der Waals surface area contributed by atoms with E-state index >= 15 is 0 Å². The molecule has 1 aliphatic heterocycles. The molecule has 0 unspecified atom stereocenters. The van der Waals surface area contributed by atoms with E-state index < -0.39 is 5.60 Å². The molecule has 1 N–H and O–H groups in total. The number of halogens is 1. The van der Waals surface area contributed by atoms with Crippen LogP contribution in [0.4, 0.5) is 4.79 Å². The van der Waals surface area contributed by atoms with Crippen molar-refractivity contribution >= 4 is 17.7 Å². The highest BCUT2D eigenvalue weighted by Gasteiger charge is 2.46. The molecule has 150 valence electrons. The molecule has 2 fully saturated rings. The molecule has 3 rings (SSSR count). The Balaban J connectivity index is 1.76. The average Bonchev–Trinajstić information content (AvgIpc) is 3.41. The lowest BCUT2D eigenvalue weighted by Crippen LogP contribution is -2.41. The monoisotopic (exact) mass is 396 g/mol. The van der Waals surface area contributed by atoms with Gasteiger partial charge in [0.25, 0.3) is 0 Å². The molecule has 1 amide bonds. The molecule has 2 aliphatic rings. The molecule has 0 bridgehead atoms. The fourth-order valence-corrected chi connectivity index (χ4v) is 4.01. The molecule has 27 heavy (non-hydrogen) atoms. The topological polar surface area (TPSA) is 71.9 Å². The van der Waals surface area contributed by atoms with Crippen molar-refractivity contribution in [2.45, 2.75) is 63.4 Å². The van der Waals surface area contributed by atoms with E-state index in [9.17, 15) is 9.90 Å². The van der Waals surface area contributed by atoms with Gasteiger partial charge in [-0.2, -0.15) is 0 Å². The standard InChI is InChI=1S/C20H29ClN2O4/c1-19(2,3)27-18(25)23-9-5-13(6-10-23)14-11-15(20(12-24)7-8-20)16(21)22-17(14)26-4/h11,13,24H,5-10,12H2,1-4H3. The van der Waals surface area contributed by atoms with Crippen LogP contribution in [0, 0.1) is 0 Å². The first kappa shape index (κ1) is 20.2. The maximum Gasteiger partial charge on any atom is 0.410 e. The summed E-state index contributed by atoms with van der Waals surface area (Å²) in [4.78, 5) is 18.5. The summed E-state index contributed by atoms with van der Waals surface area (Å²) in [5.74, 6) is 0.768. The molecule has 0 aromatic carbocycles. The first-order valence-corrected chi connectivity index (χ1v) is 9.90. The molecule has 0 atom stereocenters. The summed E-state index contributed by atoms with van der Waals surface area (Å²) in [5.41, 5.74) is 1.19. The van der Waals surface area contributed by atoms with Gasteiger partial charge in [0.15, 0.2) is 0 Å². The van der Waals surface area contributed by atoms with Crippen LogP contribution in [0.3, 0.4) is 0 Å². The first-order valence-electron chi connectivity index (χ1n) is 9.53. The van der Waals surface area contributed by atoms with E-state index in [1.54, 1.807) is 12.0 Å². The van der Waals surface area contributed by atoms with Crippen LogP contribution in [0.15, 0.2) is 6.07 Å². The number of rotatable bonds is 4. The zero-order valence-electron chi connectivity index (χ0n) is 16.5. The van der Waals surface area contributed by atoms with Crippen LogP contribution in [0.25, 0.3) is 0 Å². The highest BCUT2D eigenvalue weighted by molar-refractivity contribution is 6.30. The molecule has 1 aromatic heterocycles. The number of aliphatic hydroxyl groups excluding tert-OH is 1. The van der Waals surface area contributed by atoms with Gasteiger partial charge in [-0.1, -0.05) is 11.6 Å². The lowest BCUT2D eigenvalue weighted by atomic mass is 9.87. The number of methoxy groups -OCH3 is 1. The Morgan fingerprint density at radius 2 is 2.00 bits per heavy atom. The Bertz CT molecular complexity index is 705. The second kappa shape index (κ2) is 7.47. The number of piperidine rings is 1. The molecular formula is C20H29ClN2O4. The van der Waals surface area contributed by atoms with Gasteiger partial charge in [-0.3, -0.25) is 0 Å². The fourth-order valence-electron chi connectivity index (χ4n) is 3.68. The molecule has 1 aromatic rings. The molecule has 6 nitrogen and oxygen atoms in total. The van der Waals surface area contributed by atoms with Crippen LogP contribution in [0.5, 0.6) is 5.88 Å². The number of nitrogens with zero attached hydrogens (tertiary/aromatic N) is 2. The highest BCUT2D eigenvalue weighted by atomic mass is 35.5. The maximum atomic E-state index is 12.3. The number of carbonyl (C=O) groups excluding carboxylic acids is 1. The van der Waals surface area contributed by atoms with E-state index in [-0.39, 0.29) is 24.0 Å². The second-order valence-corrected chi connectivity index (χ2v) is 8.96. The minimum atomic E-state index is -0.491.